The first-order chi connectivity index (χ1) is 8.68. The minimum atomic E-state index is 0.843. The molecule has 0 fully saturated rings. The molecule has 0 unspecified atom stereocenters. The van der Waals surface area contributed by atoms with E-state index in [0.29, 0.717) is 0 Å². The van der Waals surface area contributed by atoms with E-state index in [2.05, 4.69) is 42.6 Å². The van der Waals surface area contributed by atoms with Gasteiger partial charge in [0, 0.05) is 17.9 Å². The number of hydrogen-bond acceptors (Lipinski definition) is 2. The van der Waals surface area contributed by atoms with E-state index in [1.807, 2.05) is 19.1 Å². The monoisotopic (exact) mass is 240 g/mol. The van der Waals surface area contributed by atoms with Crippen molar-refractivity contribution in [3.8, 4) is 0 Å². The van der Waals surface area contributed by atoms with E-state index in [1.54, 1.807) is 0 Å². The van der Waals surface area contributed by atoms with Crippen LogP contribution in [0.4, 0.5) is 11.4 Å². The smallest absolute Gasteiger partial charge is 0.0390 e. The Balaban J connectivity index is 1.97. The van der Waals surface area contributed by atoms with Crippen molar-refractivity contribution in [1.82, 2.24) is 0 Å². The number of nitrogens with two attached hydrogens (primary N) is 1. The summed E-state index contributed by atoms with van der Waals surface area (Å²) in [6.07, 6.45) is 1.03. The molecule has 0 saturated heterocycles. The number of anilines is 2. The molecule has 0 aromatic heterocycles. The number of nitrogen functional groups attached to an aromatic ring is 1. The minimum absolute atomic E-state index is 0.843. The summed E-state index contributed by atoms with van der Waals surface area (Å²) in [6.45, 7) is 5.13. The zero-order chi connectivity index (χ0) is 13.0. The molecule has 2 aromatic rings. The lowest BCUT2D eigenvalue weighted by Crippen LogP contribution is -2.07. The molecule has 0 amide bonds. The molecular weight excluding hydrogens is 220 g/mol. The third-order valence-corrected chi connectivity index (χ3v) is 3.35. The van der Waals surface area contributed by atoms with Gasteiger partial charge in [0.15, 0.2) is 0 Å². The molecule has 0 aliphatic carbocycles. The summed E-state index contributed by atoms with van der Waals surface area (Å²) < 4.78 is 0. The second-order valence-corrected chi connectivity index (χ2v) is 4.62. The van der Waals surface area contributed by atoms with Gasteiger partial charge in [-0.05, 0) is 49.1 Å². The Morgan fingerprint density at radius 1 is 1.00 bits per heavy atom. The molecule has 0 saturated carbocycles. The molecule has 0 aliphatic rings. The maximum Gasteiger partial charge on any atom is 0.0390 e. The first kappa shape index (κ1) is 12.5. The third kappa shape index (κ3) is 2.83. The number of aryl methyl sites for hydroxylation is 1. The van der Waals surface area contributed by atoms with Gasteiger partial charge in [-0.1, -0.05) is 30.3 Å². The van der Waals surface area contributed by atoms with Gasteiger partial charge in [0.25, 0.3) is 0 Å². The van der Waals surface area contributed by atoms with Crippen LogP contribution in [0.5, 0.6) is 0 Å². The number of rotatable bonds is 4. The SMILES string of the molecule is Cc1ccccc1CCNc1cccc(N)c1C. The summed E-state index contributed by atoms with van der Waals surface area (Å²) in [5.41, 5.74) is 11.7. The van der Waals surface area contributed by atoms with Crippen LogP contribution in [0, 0.1) is 13.8 Å². The highest BCUT2D eigenvalue weighted by atomic mass is 14.9. The number of hydrogen-bond donors (Lipinski definition) is 2. The number of nitrogens with one attached hydrogen (secondary N) is 1. The van der Waals surface area contributed by atoms with Gasteiger partial charge in [-0.3, -0.25) is 0 Å². The lowest BCUT2D eigenvalue weighted by atomic mass is 10.1. The van der Waals surface area contributed by atoms with E-state index in [0.717, 1.165) is 29.9 Å². The number of benzene rings is 2. The van der Waals surface area contributed by atoms with E-state index in [1.165, 1.54) is 11.1 Å². The Morgan fingerprint density at radius 3 is 2.56 bits per heavy atom. The molecule has 0 spiro atoms. The summed E-state index contributed by atoms with van der Waals surface area (Å²) in [5.74, 6) is 0. The Hall–Kier alpha value is -1.96. The Bertz CT molecular complexity index is 532. The second-order valence-electron chi connectivity index (χ2n) is 4.62. The molecule has 0 aliphatic heterocycles. The van der Waals surface area contributed by atoms with E-state index in [-0.39, 0.29) is 0 Å². The second kappa shape index (κ2) is 5.58. The van der Waals surface area contributed by atoms with Crippen LogP contribution in [0.25, 0.3) is 0 Å². The van der Waals surface area contributed by atoms with Crippen LogP contribution in [-0.2, 0) is 6.42 Å². The van der Waals surface area contributed by atoms with Crippen LogP contribution >= 0.6 is 0 Å². The van der Waals surface area contributed by atoms with E-state index >= 15 is 0 Å². The van der Waals surface area contributed by atoms with Crippen molar-refractivity contribution in [2.45, 2.75) is 20.3 Å². The van der Waals surface area contributed by atoms with Gasteiger partial charge in [-0.15, -0.1) is 0 Å². The molecule has 94 valence electrons. The quantitative estimate of drug-likeness (QED) is 0.802. The van der Waals surface area contributed by atoms with Crippen molar-refractivity contribution in [1.29, 1.82) is 0 Å². The van der Waals surface area contributed by atoms with Crippen molar-refractivity contribution in [2.24, 2.45) is 0 Å². The Labute approximate surface area is 109 Å². The lowest BCUT2D eigenvalue weighted by Gasteiger charge is -2.12. The molecule has 2 rings (SSSR count). The normalized spacial score (nSPS) is 10.3. The molecule has 0 heterocycles. The van der Waals surface area contributed by atoms with Gasteiger partial charge in [0.05, 0.1) is 0 Å². The Kier molecular flexibility index (Phi) is 3.88. The molecule has 0 radical (unpaired) electrons. The maximum absolute atomic E-state index is 5.89. The summed E-state index contributed by atoms with van der Waals surface area (Å²) >= 11 is 0. The fraction of sp³-hybridized carbons (Fsp3) is 0.250. The molecule has 0 bridgehead atoms. The van der Waals surface area contributed by atoms with Crippen molar-refractivity contribution in [2.75, 3.05) is 17.6 Å². The van der Waals surface area contributed by atoms with Crippen molar-refractivity contribution in [3.63, 3.8) is 0 Å². The summed E-state index contributed by atoms with van der Waals surface area (Å²) in [7, 11) is 0. The van der Waals surface area contributed by atoms with Crippen LogP contribution in [0.1, 0.15) is 16.7 Å². The van der Waals surface area contributed by atoms with Gasteiger partial charge in [-0.25, -0.2) is 0 Å². The molecule has 0 atom stereocenters. The highest BCUT2D eigenvalue weighted by molar-refractivity contribution is 5.62. The molecule has 2 heteroatoms. The zero-order valence-corrected chi connectivity index (χ0v) is 11.0. The van der Waals surface area contributed by atoms with Gasteiger partial charge < -0.3 is 11.1 Å². The van der Waals surface area contributed by atoms with Crippen LogP contribution < -0.4 is 11.1 Å². The fourth-order valence-electron chi connectivity index (χ4n) is 2.07. The fourth-order valence-corrected chi connectivity index (χ4v) is 2.07. The third-order valence-electron chi connectivity index (χ3n) is 3.35. The maximum atomic E-state index is 5.89. The van der Waals surface area contributed by atoms with Crippen LogP contribution in [0.2, 0.25) is 0 Å². The first-order valence-electron chi connectivity index (χ1n) is 6.32. The Morgan fingerprint density at radius 2 is 1.78 bits per heavy atom. The first-order valence-corrected chi connectivity index (χ1v) is 6.32. The van der Waals surface area contributed by atoms with Gasteiger partial charge in [0.2, 0.25) is 0 Å². The predicted octanol–water partition coefficient (Wildman–Crippen LogP) is 3.54. The topological polar surface area (TPSA) is 38.0 Å². The van der Waals surface area contributed by atoms with Crippen molar-refractivity contribution >= 4 is 11.4 Å². The molecule has 18 heavy (non-hydrogen) atoms. The average Bonchev–Trinajstić information content (AvgIpc) is 2.37. The van der Waals surface area contributed by atoms with Gasteiger partial charge in [-0.2, -0.15) is 0 Å². The van der Waals surface area contributed by atoms with E-state index in [4.69, 9.17) is 5.73 Å². The molecule has 2 aromatic carbocycles. The van der Waals surface area contributed by atoms with Gasteiger partial charge >= 0.3 is 0 Å². The zero-order valence-electron chi connectivity index (χ0n) is 11.0. The highest BCUT2D eigenvalue weighted by Crippen LogP contribution is 2.20. The summed E-state index contributed by atoms with van der Waals surface area (Å²) in [6, 6.07) is 14.5. The molecule has 2 nitrogen and oxygen atoms in total. The predicted molar refractivity (Wildman–Crippen MR) is 79.0 cm³/mol. The molecular formula is C16H20N2. The highest BCUT2D eigenvalue weighted by Gasteiger charge is 2.01. The standard InChI is InChI=1S/C16H20N2/c1-12-6-3-4-7-14(12)10-11-18-16-9-5-8-15(17)13(16)2/h3-9,18H,10-11,17H2,1-2H3. The molecule has 3 N–H and O–H groups in total. The largest absolute Gasteiger partial charge is 0.398 e. The summed E-state index contributed by atoms with van der Waals surface area (Å²) in [5, 5.41) is 3.45. The van der Waals surface area contributed by atoms with Gasteiger partial charge in [0.1, 0.15) is 0 Å². The van der Waals surface area contributed by atoms with Crippen LogP contribution in [0.15, 0.2) is 42.5 Å². The lowest BCUT2D eigenvalue weighted by molar-refractivity contribution is 1.00. The van der Waals surface area contributed by atoms with Crippen LogP contribution in [-0.4, -0.2) is 6.54 Å². The van der Waals surface area contributed by atoms with Crippen molar-refractivity contribution < 1.29 is 0 Å². The van der Waals surface area contributed by atoms with E-state index < -0.39 is 0 Å². The average molecular weight is 240 g/mol. The van der Waals surface area contributed by atoms with Crippen LogP contribution in [0.3, 0.4) is 0 Å². The van der Waals surface area contributed by atoms with E-state index in [9.17, 15) is 0 Å². The summed E-state index contributed by atoms with van der Waals surface area (Å²) in [4.78, 5) is 0. The van der Waals surface area contributed by atoms with Crippen molar-refractivity contribution in [3.05, 3.63) is 59.2 Å². The minimum Gasteiger partial charge on any atom is -0.398 e.